The molecule has 1 saturated carbocycles. The van der Waals surface area contributed by atoms with Crippen LogP contribution in [0, 0.1) is 5.92 Å². The molecule has 1 unspecified atom stereocenters. The molecule has 2 rings (SSSR count). The molecule has 1 aromatic carbocycles. The predicted octanol–water partition coefficient (Wildman–Crippen LogP) is 2.31. The van der Waals surface area contributed by atoms with Crippen LogP contribution in [-0.4, -0.2) is 40.4 Å². The maximum atomic E-state index is 12.6. The number of hydrogen-bond donors (Lipinski definition) is 2. The van der Waals surface area contributed by atoms with E-state index in [4.69, 9.17) is 9.47 Å². The highest BCUT2D eigenvalue weighted by Gasteiger charge is 2.24. The van der Waals surface area contributed by atoms with E-state index in [0.29, 0.717) is 23.8 Å². The zero-order chi connectivity index (χ0) is 17.6. The van der Waals surface area contributed by atoms with E-state index in [-0.39, 0.29) is 11.5 Å². The Labute approximate surface area is 144 Å². The third kappa shape index (κ3) is 4.84. The Kier molecular flexibility index (Phi) is 6.89. The lowest BCUT2D eigenvalue weighted by Crippen LogP contribution is -2.39. The summed E-state index contributed by atoms with van der Waals surface area (Å²) < 4.78 is 38.1. The quantitative estimate of drug-likeness (QED) is 0.746. The Hall–Kier alpha value is -1.31. The minimum atomic E-state index is -3.73. The maximum absolute atomic E-state index is 12.6. The van der Waals surface area contributed by atoms with Gasteiger partial charge >= 0.3 is 0 Å². The van der Waals surface area contributed by atoms with Crippen LogP contribution >= 0.6 is 0 Å². The summed E-state index contributed by atoms with van der Waals surface area (Å²) in [5.74, 6) is 1.30. The summed E-state index contributed by atoms with van der Waals surface area (Å²) in [6, 6.07) is 3.99. The third-order valence-electron chi connectivity index (χ3n) is 4.55. The van der Waals surface area contributed by atoms with Crippen LogP contribution in [0.3, 0.4) is 0 Å². The van der Waals surface area contributed by atoms with E-state index in [1.54, 1.807) is 6.07 Å². The fourth-order valence-electron chi connectivity index (χ4n) is 3.26. The average molecular weight is 357 g/mol. The largest absolute Gasteiger partial charge is 0.493 e. The highest BCUT2D eigenvalue weighted by molar-refractivity contribution is 7.89. The van der Waals surface area contributed by atoms with Gasteiger partial charge in [0.05, 0.1) is 25.7 Å². The monoisotopic (exact) mass is 357 g/mol. The Morgan fingerprint density at radius 1 is 1.17 bits per heavy atom. The molecular weight excluding hydrogens is 330 g/mol. The molecule has 24 heavy (non-hydrogen) atoms. The zero-order valence-corrected chi connectivity index (χ0v) is 15.1. The summed E-state index contributed by atoms with van der Waals surface area (Å²) in [6.07, 6.45) is 6.50. The van der Waals surface area contributed by atoms with Gasteiger partial charge in [0, 0.05) is 12.1 Å². The highest BCUT2D eigenvalue weighted by Crippen LogP contribution is 2.30. The van der Waals surface area contributed by atoms with Crippen LogP contribution in [0.15, 0.2) is 23.1 Å². The molecule has 0 spiro atoms. The van der Waals surface area contributed by atoms with Gasteiger partial charge < -0.3 is 14.6 Å². The molecule has 0 aromatic heterocycles. The number of rotatable bonds is 8. The summed E-state index contributed by atoms with van der Waals surface area (Å²) in [5.41, 5.74) is 0. The number of ether oxygens (including phenoxy) is 2. The minimum Gasteiger partial charge on any atom is -0.493 e. The maximum Gasteiger partial charge on any atom is 0.241 e. The molecule has 136 valence electrons. The van der Waals surface area contributed by atoms with Crippen LogP contribution < -0.4 is 14.2 Å². The van der Waals surface area contributed by atoms with Crippen molar-refractivity contribution in [3.8, 4) is 11.5 Å². The third-order valence-corrected chi connectivity index (χ3v) is 6.07. The first-order valence-corrected chi connectivity index (χ1v) is 9.83. The zero-order valence-electron chi connectivity index (χ0n) is 14.3. The van der Waals surface area contributed by atoms with Crippen molar-refractivity contribution in [2.45, 2.75) is 49.5 Å². The molecule has 2 N–H and O–H groups in total. The number of aliphatic hydroxyl groups excluding tert-OH is 1. The van der Waals surface area contributed by atoms with Gasteiger partial charge in [-0.05, 0) is 24.5 Å². The first-order valence-electron chi connectivity index (χ1n) is 8.35. The lowest BCUT2D eigenvalue weighted by molar-refractivity contribution is 0.218. The van der Waals surface area contributed by atoms with E-state index in [0.717, 1.165) is 12.8 Å². The van der Waals surface area contributed by atoms with Gasteiger partial charge in [-0.25, -0.2) is 13.1 Å². The van der Waals surface area contributed by atoms with Crippen LogP contribution in [0.2, 0.25) is 0 Å². The lowest BCUT2D eigenvalue weighted by atomic mass is 9.85. The summed E-state index contributed by atoms with van der Waals surface area (Å²) in [5, 5.41) is 9.58. The fraction of sp³-hybridized carbons (Fsp3) is 0.647. The average Bonchev–Trinajstić information content (AvgIpc) is 2.61. The van der Waals surface area contributed by atoms with Crippen molar-refractivity contribution in [1.82, 2.24) is 4.72 Å². The first-order chi connectivity index (χ1) is 11.5. The second-order valence-corrected chi connectivity index (χ2v) is 7.97. The molecule has 1 aromatic rings. The molecule has 6 nitrogen and oxygen atoms in total. The Morgan fingerprint density at radius 3 is 2.42 bits per heavy atom. The highest BCUT2D eigenvalue weighted by atomic mass is 32.2. The van der Waals surface area contributed by atoms with Crippen molar-refractivity contribution in [3.05, 3.63) is 18.2 Å². The molecular formula is C17H27NO5S. The number of nitrogens with one attached hydrogen (secondary N) is 1. The van der Waals surface area contributed by atoms with E-state index >= 15 is 0 Å². The number of sulfonamides is 1. The Bertz CT molecular complexity index is 626. The van der Waals surface area contributed by atoms with Gasteiger partial charge in [-0.1, -0.05) is 32.1 Å². The number of benzene rings is 1. The Balaban J connectivity index is 2.10. The number of hydrogen-bond acceptors (Lipinski definition) is 5. The molecule has 0 amide bonds. The van der Waals surface area contributed by atoms with E-state index in [2.05, 4.69) is 4.72 Å². The van der Waals surface area contributed by atoms with Crippen LogP contribution in [0.1, 0.15) is 38.5 Å². The van der Waals surface area contributed by atoms with Gasteiger partial charge in [-0.2, -0.15) is 0 Å². The molecule has 0 saturated heterocycles. The van der Waals surface area contributed by atoms with Crippen molar-refractivity contribution < 1.29 is 23.0 Å². The molecule has 7 heteroatoms. The molecule has 0 bridgehead atoms. The second-order valence-electron chi connectivity index (χ2n) is 6.26. The van der Waals surface area contributed by atoms with Gasteiger partial charge in [-0.15, -0.1) is 0 Å². The van der Waals surface area contributed by atoms with Crippen LogP contribution in [-0.2, 0) is 10.0 Å². The van der Waals surface area contributed by atoms with Gasteiger partial charge in [0.15, 0.2) is 11.5 Å². The van der Waals surface area contributed by atoms with Crippen molar-refractivity contribution in [3.63, 3.8) is 0 Å². The SMILES string of the molecule is COc1ccc(S(=O)(=O)NC(CO)CC2CCCCC2)cc1OC. The van der Waals surface area contributed by atoms with Crippen molar-refractivity contribution in [2.24, 2.45) is 5.92 Å². The first kappa shape index (κ1) is 19.0. The van der Waals surface area contributed by atoms with E-state index in [1.165, 1.54) is 45.6 Å². The van der Waals surface area contributed by atoms with E-state index in [1.807, 2.05) is 0 Å². The van der Waals surface area contributed by atoms with Crippen LogP contribution in [0.25, 0.3) is 0 Å². The summed E-state index contributed by atoms with van der Waals surface area (Å²) >= 11 is 0. The fourth-order valence-corrected chi connectivity index (χ4v) is 4.51. The molecule has 0 radical (unpaired) electrons. The van der Waals surface area contributed by atoms with Crippen LogP contribution in [0.4, 0.5) is 0 Å². The second kappa shape index (κ2) is 8.69. The molecule has 0 heterocycles. The predicted molar refractivity (Wildman–Crippen MR) is 91.9 cm³/mol. The van der Waals surface area contributed by atoms with E-state index in [9.17, 15) is 13.5 Å². The summed E-state index contributed by atoms with van der Waals surface area (Å²) in [4.78, 5) is 0.0993. The smallest absolute Gasteiger partial charge is 0.241 e. The molecule has 1 fully saturated rings. The van der Waals surface area contributed by atoms with Gasteiger partial charge in [0.2, 0.25) is 10.0 Å². The number of methoxy groups -OCH3 is 2. The molecule has 1 atom stereocenters. The van der Waals surface area contributed by atoms with E-state index < -0.39 is 16.1 Å². The number of aliphatic hydroxyl groups is 1. The topological polar surface area (TPSA) is 84.9 Å². The molecule has 0 aliphatic heterocycles. The van der Waals surface area contributed by atoms with Gasteiger partial charge in [-0.3, -0.25) is 0 Å². The van der Waals surface area contributed by atoms with Crippen molar-refractivity contribution in [1.29, 1.82) is 0 Å². The summed E-state index contributed by atoms with van der Waals surface area (Å²) in [7, 11) is -0.770. The van der Waals surface area contributed by atoms with Crippen molar-refractivity contribution in [2.75, 3.05) is 20.8 Å². The van der Waals surface area contributed by atoms with Crippen molar-refractivity contribution >= 4 is 10.0 Å². The van der Waals surface area contributed by atoms with Gasteiger partial charge in [0.25, 0.3) is 0 Å². The normalized spacial score (nSPS) is 17.5. The lowest BCUT2D eigenvalue weighted by Gasteiger charge is -2.26. The molecule has 1 aliphatic carbocycles. The minimum absolute atomic E-state index is 0.0993. The standard InChI is InChI=1S/C17H27NO5S/c1-22-16-9-8-15(11-17(16)23-2)24(20,21)18-14(12-19)10-13-6-4-3-5-7-13/h8-9,11,13-14,18-19H,3-7,10,12H2,1-2H3. The Morgan fingerprint density at radius 2 is 1.83 bits per heavy atom. The van der Waals surface area contributed by atoms with Gasteiger partial charge in [0.1, 0.15) is 0 Å². The van der Waals surface area contributed by atoms with Crippen LogP contribution in [0.5, 0.6) is 11.5 Å². The summed E-state index contributed by atoms with van der Waals surface area (Å²) in [6.45, 7) is -0.205. The molecule has 1 aliphatic rings.